The highest BCUT2D eigenvalue weighted by molar-refractivity contribution is 7.17. The lowest BCUT2D eigenvalue weighted by Gasteiger charge is -2.14. The molecule has 0 spiro atoms. The van der Waals surface area contributed by atoms with Gasteiger partial charge in [0.15, 0.2) is 0 Å². The van der Waals surface area contributed by atoms with Gasteiger partial charge in [-0.15, -0.1) is 9.24 Å². The van der Waals surface area contributed by atoms with Crippen molar-refractivity contribution in [1.82, 2.24) is 0 Å². The molecule has 0 bridgehead atoms. The summed E-state index contributed by atoms with van der Waals surface area (Å²) in [4.78, 5) is 0. The first-order chi connectivity index (χ1) is 5.24. The zero-order valence-corrected chi connectivity index (χ0v) is 9.42. The summed E-state index contributed by atoms with van der Waals surface area (Å²) in [6.07, 6.45) is 6.85. The van der Waals surface area contributed by atoms with Crippen LogP contribution in [0.1, 0.15) is 52.9 Å². The minimum Gasteiger partial charge on any atom is -0.134 e. The lowest BCUT2D eigenvalue weighted by molar-refractivity contribution is 0.436. The molecular formula is C10H23P. The van der Waals surface area contributed by atoms with Crippen LogP contribution in [0.4, 0.5) is 0 Å². The summed E-state index contributed by atoms with van der Waals surface area (Å²) < 4.78 is 0. The largest absolute Gasteiger partial charge is 0.134 e. The van der Waals surface area contributed by atoms with Crippen LogP contribution in [0.25, 0.3) is 0 Å². The van der Waals surface area contributed by atoms with E-state index in [0.29, 0.717) is 0 Å². The molecule has 0 saturated heterocycles. The highest BCUT2D eigenvalue weighted by Crippen LogP contribution is 2.20. The molecule has 1 heteroatoms. The Hall–Kier alpha value is 0.430. The van der Waals surface area contributed by atoms with E-state index >= 15 is 0 Å². The maximum atomic E-state index is 2.94. The minimum absolute atomic E-state index is 0.857. The summed E-state index contributed by atoms with van der Waals surface area (Å²) in [6.45, 7) is 6.88. The highest BCUT2D eigenvalue weighted by Gasteiger charge is 2.05. The molecular weight excluding hydrogens is 151 g/mol. The zero-order chi connectivity index (χ0) is 8.69. The number of hydrogen-bond donors (Lipinski definition) is 0. The van der Waals surface area contributed by atoms with Crippen molar-refractivity contribution in [3.8, 4) is 0 Å². The molecule has 68 valence electrons. The van der Waals surface area contributed by atoms with E-state index in [-0.39, 0.29) is 0 Å². The van der Waals surface area contributed by atoms with Crippen molar-refractivity contribution in [2.45, 2.75) is 58.5 Å². The molecule has 0 nitrogen and oxygen atoms in total. The Kier molecular flexibility index (Phi) is 7.38. The smallest absolute Gasteiger partial charge is 0.0267 e. The maximum absolute atomic E-state index is 2.94. The average Bonchev–Trinajstić information content (AvgIpc) is 2.06. The Morgan fingerprint density at radius 2 is 1.45 bits per heavy atom. The minimum atomic E-state index is 0.857. The van der Waals surface area contributed by atoms with E-state index in [2.05, 4.69) is 30.0 Å². The van der Waals surface area contributed by atoms with Crippen molar-refractivity contribution in [3.05, 3.63) is 0 Å². The van der Waals surface area contributed by atoms with Crippen LogP contribution in [-0.2, 0) is 0 Å². The predicted molar refractivity (Wildman–Crippen MR) is 57.1 cm³/mol. The van der Waals surface area contributed by atoms with Crippen LogP contribution in [0.5, 0.6) is 0 Å². The third kappa shape index (κ3) is 5.67. The molecule has 0 saturated carbocycles. The van der Waals surface area contributed by atoms with Gasteiger partial charge in [-0.2, -0.15) is 0 Å². The fraction of sp³-hybridized carbons (Fsp3) is 1.00. The van der Waals surface area contributed by atoms with E-state index in [9.17, 15) is 0 Å². The zero-order valence-electron chi connectivity index (χ0n) is 8.27. The Bertz CT molecular complexity index is 76.9. The molecule has 0 radical (unpaired) electrons. The van der Waals surface area contributed by atoms with Crippen LogP contribution in [0, 0.1) is 5.92 Å². The first-order valence-electron chi connectivity index (χ1n) is 5.00. The van der Waals surface area contributed by atoms with Crippen molar-refractivity contribution in [2.75, 3.05) is 0 Å². The second kappa shape index (κ2) is 7.10. The van der Waals surface area contributed by atoms with Crippen LogP contribution in [0.2, 0.25) is 0 Å². The molecule has 0 aliphatic rings. The van der Waals surface area contributed by atoms with Crippen LogP contribution in [0.15, 0.2) is 0 Å². The maximum Gasteiger partial charge on any atom is -0.0267 e. The van der Waals surface area contributed by atoms with Crippen LogP contribution < -0.4 is 0 Å². The van der Waals surface area contributed by atoms with Gasteiger partial charge in [-0.3, -0.25) is 0 Å². The number of hydrogen-bond acceptors (Lipinski definition) is 0. The first kappa shape index (κ1) is 11.4. The summed E-state index contributed by atoms with van der Waals surface area (Å²) in [7, 11) is 2.94. The van der Waals surface area contributed by atoms with Crippen LogP contribution in [0.3, 0.4) is 0 Å². The third-order valence-corrected chi connectivity index (χ3v) is 3.43. The van der Waals surface area contributed by atoms with Gasteiger partial charge in [0.2, 0.25) is 0 Å². The van der Waals surface area contributed by atoms with Gasteiger partial charge in [-0.1, -0.05) is 33.6 Å². The van der Waals surface area contributed by atoms with Gasteiger partial charge in [0.1, 0.15) is 0 Å². The van der Waals surface area contributed by atoms with E-state index < -0.39 is 0 Å². The van der Waals surface area contributed by atoms with E-state index in [1.54, 1.807) is 0 Å². The molecule has 0 heterocycles. The van der Waals surface area contributed by atoms with Crippen molar-refractivity contribution >= 4 is 9.24 Å². The molecule has 0 aliphatic heterocycles. The molecule has 2 unspecified atom stereocenters. The molecule has 2 atom stereocenters. The Labute approximate surface area is 74.4 Å². The quantitative estimate of drug-likeness (QED) is 0.536. The van der Waals surface area contributed by atoms with Gasteiger partial charge in [-0.05, 0) is 30.8 Å². The monoisotopic (exact) mass is 174 g/mol. The summed E-state index contributed by atoms with van der Waals surface area (Å²) in [5.41, 5.74) is 0.857. The van der Waals surface area contributed by atoms with Gasteiger partial charge < -0.3 is 0 Å². The van der Waals surface area contributed by atoms with Crippen molar-refractivity contribution in [2.24, 2.45) is 5.92 Å². The second-order valence-corrected chi connectivity index (χ2v) is 4.37. The van der Waals surface area contributed by atoms with E-state index in [1.807, 2.05) is 0 Å². The molecule has 0 N–H and O–H groups in total. The van der Waals surface area contributed by atoms with Gasteiger partial charge in [0.25, 0.3) is 0 Å². The van der Waals surface area contributed by atoms with Crippen molar-refractivity contribution in [1.29, 1.82) is 0 Å². The second-order valence-electron chi connectivity index (χ2n) is 3.43. The standard InChI is InChI=1S/C10H23P/c1-4-9(5-2)7-8-10(11)6-3/h9-10H,4-8,11H2,1-3H3. The fourth-order valence-corrected chi connectivity index (χ4v) is 1.54. The van der Waals surface area contributed by atoms with Crippen LogP contribution >= 0.6 is 9.24 Å². The molecule has 0 aromatic rings. The van der Waals surface area contributed by atoms with Gasteiger partial charge >= 0.3 is 0 Å². The molecule has 0 aliphatic carbocycles. The predicted octanol–water partition coefficient (Wildman–Crippen LogP) is 3.86. The van der Waals surface area contributed by atoms with E-state index in [0.717, 1.165) is 11.6 Å². The topological polar surface area (TPSA) is 0 Å². The van der Waals surface area contributed by atoms with Gasteiger partial charge in [0, 0.05) is 0 Å². The summed E-state index contributed by atoms with van der Waals surface area (Å²) in [6, 6.07) is 0. The summed E-state index contributed by atoms with van der Waals surface area (Å²) in [5, 5.41) is 0. The summed E-state index contributed by atoms with van der Waals surface area (Å²) >= 11 is 0. The molecule has 0 rings (SSSR count). The lowest BCUT2D eigenvalue weighted by atomic mass is 9.96. The molecule has 11 heavy (non-hydrogen) atoms. The Balaban J connectivity index is 3.34. The normalized spacial score (nSPS) is 13.9. The molecule has 0 fully saturated rings. The lowest BCUT2D eigenvalue weighted by Crippen LogP contribution is -2.02. The highest BCUT2D eigenvalue weighted by atomic mass is 31.0. The van der Waals surface area contributed by atoms with E-state index in [4.69, 9.17) is 0 Å². The molecule has 0 aromatic carbocycles. The first-order valence-corrected chi connectivity index (χ1v) is 5.66. The van der Waals surface area contributed by atoms with Crippen molar-refractivity contribution in [3.63, 3.8) is 0 Å². The third-order valence-electron chi connectivity index (χ3n) is 2.62. The number of rotatable bonds is 6. The van der Waals surface area contributed by atoms with Crippen molar-refractivity contribution < 1.29 is 0 Å². The van der Waals surface area contributed by atoms with Gasteiger partial charge in [0.05, 0.1) is 0 Å². The van der Waals surface area contributed by atoms with Crippen LogP contribution in [-0.4, -0.2) is 5.66 Å². The fourth-order valence-electron chi connectivity index (χ4n) is 1.35. The summed E-state index contributed by atoms with van der Waals surface area (Å²) in [5.74, 6) is 0.976. The van der Waals surface area contributed by atoms with Gasteiger partial charge in [-0.25, -0.2) is 0 Å². The Morgan fingerprint density at radius 3 is 1.82 bits per heavy atom. The Morgan fingerprint density at radius 1 is 0.909 bits per heavy atom. The SMILES string of the molecule is CCC(P)CCC(CC)CC. The van der Waals surface area contributed by atoms with E-state index in [1.165, 1.54) is 32.1 Å². The average molecular weight is 174 g/mol. The molecule has 0 amide bonds. The molecule has 0 aromatic heterocycles.